The summed E-state index contributed by atoms with van der Waals surface area (Å²) in [5.74, 6) is 0.635. The molecular weight excluding hydrogens is 609 g/mol. The molecule has 3 nitrogen and oxygen atoms in total. The number of para-hydroxylation sites is 1. The van der Waals surface area contributed by atoms with Crippen LogP contribution in [-0.2, 0) is 5.41 Å². The molecule has 1 aliphatic rings. The van der Waals surface area contributed by atoms with Gasteiger partial charge in [0, 0.05) is 21.9 Å². The van der Waals surface area contributed by atoms with Crippen molar-refractivity contribution in [1.82, 2.24) is 9.97 Å². The Bertz CT molecular complexity index is 2580. The Balaban J connectivity index is 1.24. The van der Waals surface area contributed by atoms with Crippen LogP contribution in [0.15, 0.2) is 186 Å². The summed E-state index contributed by atoms with van der Waals surface area (Å²) in [6.07, 6.45) is 0. The molecule has 10 rings (SSSR count). The van der Waals surface area contributed by atoms with Crippen LogP contribution in [0.3, 0.4) is 0 Å². The average molecular weight is 639 g/mol. The zero-order chi connectivity index (χ0) is 33.1. The Hall–Kier alpha value is -6.58. The van der Waals surface area contributed by atoms with Crippen molar-refractivity contribution in [2.45, 2.75) is 5.41 Å². The van der Waals surface area contributed by atoms with Gasteiger partial charge in [-0.25, -0.2) is 9.97 Å². The molecule has 3 heteroatoms. The topological polar surface area (TPSA) is 38.9 Å². The zero-order valence-corrected chi connectivity index (χ0v) is 27.1. The lowest BCUT2D eigenvalue weighted by Gasteiger charge is -2.33. The second-order valence-corrected chi connectivity index (χ2v) is 12.9. The molecule has 0 saturated carbocycles. The third-order valence-electron chi connectivity index (χ3n) is 10.2. The Labute approximate surface area is 290 Å². The normalized spacial score (nSPS) is 13.0. The SMILES string of the molecule is c1ccc(-c2cc(-c3ccccc3)nc(-c3cccc4c3oc3cc5c(cc34)-c3ccccc3C5(c3ccccc3)c3ccccc3)n2)cc1. The van der Waals surface area contributed by atoms with Gasteiger partial charge in [-0.2, -0.15) is 0 Å². The average Bonchev–Trinajstić information content (AvgIpc) is 3.71. The van der Waals surface area contributed by atoms with E-state index in [1.54, 1.807) is 0 Å². The highest BCUT2D eigenvalue weighted by atomic mass is 16.3. The fourth-order valence-electron chi connectivity index (χ4n) is 7.99. The second kappa shape index (κ2) is 11.3. The minimum Gasteiger partial charge on any atom is -0.455 e. The molecule has 0 spiro atoms. The molecule has 234 valence electrons. The van der Waals surface area contributed by atoms with Crippen molar-refractivity contribution in [3.63, 3.8) is 0 Å². The summed E-state index contributed by atoms with van der Waals surface area (Å²) in [5.41, 5.74) is 13.2. The van der Waals surface area contributed by atoms with E-state index in [0.717, 1.165) is 50.0 Å². The van der Waals surface area contributed by atoms with E-state index in [4.69, 9.17) is 14.4 Å². The van der Waals surface area contributed by atoms with Gasteiger partial charge in [-0.1, -0.05) is 158 Å². The van der Waals surface area contributed by atoms with Crippen molar-refractivity contribution in [1.29, 1.82) is 0 Å². The van der Waals surface area contributed by atoms with Crippen LogP contribution in [0.5, 0.6) is 0 Å². The smallest absolute Gasteiger partial charge is 0.164 e. The quantitative estimate of drug-likeness (QED) is 0.188. The molecule has 1 aliphatic carbocycles. The number of benzene rings is 7. The Morgan fingerprint density at radius 2 is 0.940 bits per heavy atom. The van der Waals surface area contributed by atoms with Crippen molar-refractivity contribution >= 4 is 21.9 Å². The maximum absolute atomic E-state index is 6.94. The van der Waals surface area contributed by atoms with Gasteiger partial charge in [0.15, 0.2) is 5.82 Å². The van der Waals surface area contributed by atoms with E-state index < -0.39 is 5.41 Å². The van der Waals surface area contributed by atoms with E-state index in [0.29, 0.717) is 5.82 Å². The summed E-state index contributed by atoms with van der Waals surface area (Å²) in [5, 5.41) is 2.12. The molecule has 7 aromatic carbocycles. The van der Waals surface area contributed by atoms with Crippen LogP contribution >= 0.6 is 0 Å². The summed E-state index contributed by atoms with van der Waals surface area (Å²) in [6, 6.07) is 64.2. The molecule has 0 atom stereocenters. The van der Waals surface area contributed by atoms with E-state index >= 15 is 0 Å². The third-order valence-corrected chi connectivity index (χ3v) is 10.2. The molecule has 2 aromatic heterocycles. The first-order chi connectivity index (χ1) is 24.8. The molecule has 50 heavy (non-hydrogen) atoms. The minimum absolute atomic E-state index is 0.498. The predicted molar refractivity (Wildman–Crippen MR) is 203 cm³/mol. The molecule has 9 aromatic rings. The number of nitrogens with zero attached hydrogens (tertiary/aromatic N) is 2. The van der Waals surface area contributed by atoms with Gasteiger partial charge in [0.25, 0.3) is 0 Å². The molecule has 0 fully saturated rings. The van der Waals surface area contributed by atoms with E-state index in [1.165, 1.54) is 33.4 Å². The number of fused-ring (bicyclic) bond motifs is 6. The molecule has 0 unspecified atom stereocenters. The first kappa shape index (κ1) is 28.4. The van der Waals surface area contributed by atoms with Crippen molar-refractivity contribution in [3.8, 4) is 45.0 Å². The van der Waals surface area contributed by atoms with Crippen LogP contribution in [-0.4, -0.2) is 9.97 Å². The Morgan fingerprint density at radius 1 is 0.400 bits per heavy atom. The molecule has 0 N–H and O–H groups in total. The molecule has 0 amide bonds. The molecule has 0 saturated heterocycles. The molecule has 0 radical (unpaired) electrons. The monoisotopic (exact) mass is 638 g/mol. The van der Waals surface area contributed by atoms with Crippen molar-refractivity contribution in [2.24, 2.45) is 0 Å². The molecule has 0 bridgehead atoms. The van der Waals surface area contributed by atoms with Gasteiger partial charge < -0.3 is 4.42 Å². The maximum Gasteiger partial charge on any atom is 0.164 e. The van der Waals surface area contributed by atoms with E-state index in [9.17, 15) is 0 Å². The van der Waals surface area contributed by atoms with Crippen molar-refractivity contribution in [3.05, 3.63) is 204 Å². The minimum atomic E-state index is -0.498. The number of furan rings is 1. The van der Waals surface area contributed by atoms with Crippen LogP contribution < -0.4 is 0 Å². The molecule has 0 aliphatic heterocycles. The van der Waals surface area contributed by atoms with Crippen LogP contribution in [0.1, 0.15) is 22.3 Å². The first-order valence-corrected chi connectivity index (χ1v) is 17.0. The highest BCUT2D eigenvalue weighted by Crippen LogP contribution is 2.57. The predicted octanol–water partition coefficient (Wildman–Crippen LogP) is 11.7. The van der Waals surface area contributed by atoms with Crippen LogP contribution in [0.4, 0.5) is 0 Å². The van der Waals surface area contributed by atoms with E-state index in [2.05, 4.69) is 146 Å². The summed E-state index contributed by atoms with van der Waals surface area (Å²) < 4.78 is 6.94. The highest BCUT2D eigenvalue weighted by molar-refractivity contribution is 6.11. The summed E-state index contributed by atoms with van der Waals surface area (Å²) in [7, 11) is 0. The van der Waals surface area contributed by atoms with Crippen LogP contribution in [0.25, 0.3) is 67.0 Å². The lowest BCUT2D eigenvalue weighted by atomic mass is 9.67. The maximum atomic E-state index is 6.94. The van der Waals surface area contributed by atoms with Gasteiger partial charge in [-0.05, 0) is 57.6 Å². The van der Waals surface area contributed by atoms with Gasteiger partial charge in [0.2, 0.25) is 0 Å². The van der Waals surface area contributed by atoms with Gasteiger partial charge >= 0.3 is 0 Å². The van der Waals surface area contributed by atoms with E-state index in [1.807, 2.05) is 36.4 Å². The summed E-state index contributed by atoms with van der Waals surface area (Å²) in [6.45, 7) is 0. The standard InChI is InChI=1S/C47H30N2O/c1-5-16-31(17-6-1)42-30-43(32-18-7-2-8-19-32)49-46(48-42)37-26-15-25-36-39-28-38-35-24-13-14-27-40(35)47(33-20-9-3-10-21-33,34-22-11-4-12-23-34)41(38)29-44(39)50-45(36)37/h1-30H. The Morgan fingerprint density at radius 3 is 1.56 bits per heavy atom. The van der Waals surface area contributed by atoms with Gasteiger partial charge in [0.1, 0.15) is 11.2 Å². The Kier molecular flexibility index (Phi) is 6.40. The molecular formula is C47H30N2O. The van der Waals surface area contributed by atoms with Gasteiger partial charge in [-0.3, -0.25) is 0 Å². The fraction of sp³-hybridized carbons (Fsp3) is 0.0213. The summed E-state index contributed by atoms with van der Waals surface area (Å²) >= 11 is 0. The fourth-order valence-corrected chi connectivity index (χ4v) is 7.99. The van der Waals surface area contributed by atoms with Crippen molar-refractivity contribution in [2.75, 3.05) is 0 Å². The summed E-state index contributed by atoms with van der Waals surface area (Å²) in [4.78, 5) is 10.3. The molecule has 2 heterocycles. The largest absolute Gasteiger partial charge is 0.455 e. The van der Waals surface area contributed by atoms with Gasteiger partial charge in [-0.15, -0.1) is 0 Å². The van der Waals surface area contributed by atoms with Crippen molar-refractivity contribution < 1.29 is 4.42 Å². The third kappa shape index (κ3) is 4.23. The number of rotatable bonds is 5. The first-order valence-electron chi connectivity index (χ1n) is 17.0. The second-order valence-electron chi connectivity index (χ2n) is 12.9. The lowest BCUT2D eigenvalue weighted by Crippen LogP contribution is -2.28. The zero-order valence-electron chi connectivity index (χ0n) is 27.1. The van der Waals surface area contributed by atoms with E-state index in [-0.39, 0.29) is 0 Å². The van der Waals surface area contributed by atoms with Crippen LogP contribution in [0.2, 0.25) is 0 Å². The highest BCUT2D eigenvalue weighted by Gasteiger charge is 2.46. The number of aromatic nitrogens is 2. The number of hydrogen-bond donors (Lipinski definition) is 0. The van der Waals surface area contributed by atoms with Crippen LogP contribution in [0, 0.1) is 0 Å². The lowest BCUT2D eigenvalue weighted by molar-refractivity contribution is 0.666. The van der Waals surface area contributed by atoms with Gasteiger partial charge in [0.05, 0.1) is 22.4 Å². The number of hydrogen-bond acceptors (Lipinski definition) is 3.